The van der Waals surface area contributed by atoms with Crippen LogP contribution in [0.15, 0.2) is 41.8 Å². The van der Waals surface area contributed by atoms with Crippen LogP contribution in [0, 0.1) is 0 Å². The maximum atomic E-state index is 5.91. The highest BCUT2D eigenvalue weighted by Crippen LogP contribution is 2.18. The van der Waals surface area contributed by atoms with Crippen LogP contribution in [0.2, 0.25) is 0 Å². The molecular weight excluding hydrogens is 254 g/mol. The van der Waals surface area contributed by atoms with Crippen molar-refractivity contribution in [3.8, 4) is 5.75 Å². The zero-order chi connectivity index (χ0) is 13.3. The molecule has 19 heavy (non-hydrogen) atoms. The van der Waals surface area contributed by atoms with Crippen molar-refractivity contribution in [1.29, 1.82) is 0 Å². The number of hydrogen-bond acceptors (Lipinski definition) is 3. The van der Waals surface area contributed by atoms with Gasteiger partial charge in [-0.25, -0.2) is 0 Å². The predicted octanol–water partition coefficient (Wildman–Crippen LogP) is 3.87. The van der Waals surface area contributed by atoms with Crippen LogP contribution in [0.5, 0.6) is 5.75 Å². The molecule has 102 valence electrons. The molecule has 0 saturated carbocycles. The summed E-state index contributed by atoms with van der Waals surface area (Å²) in [4.78, 5) is 1.38. The van der Waals surface area contributed by atoms with E-state index >= 15 is 0 Å². The number of hydrogen-bond donors (Lipinski definition) is 1. The van der Waals surface area contributed by atoms with E-state index in [-0.39, 0.29) is 0 Å². The largest absolute Gasteiger partial charge is 0.493 e. The highest BCUT2D eigenvalue weighted by atomic mass is 32.1. The molecule has 1 N–H and O–H groups in total. The Bertz CT molecular complexity index is 467. The van der Waals surface area contributed by atoms with Gasteiger partial charge < -0.3 is 10.1 Å². The van der Waals surface area contributed by atoms with Gasteiger partial charge >= 0.3 is 0 Å². The van der Waals surface area contributed by atoms with Gasteiger partial charge in [0.25, 0.3) is 0 Å². The Labute approximate surface area is 119 Å². The maximum Gasteiger partial charge on any atom is 0.123 e. The average molecular weight is 275 g/mol. The minimum absolute atomic E-state index is 0.741. The molecule has 0 aliphatic carbocycles. The monoisotopic (exact) mass is 275 g/mol. The van der Waals surface area contributed by atoms with Crippen LogP contribution < -0.4 is 10.1 Å². The van der Waals surface area contributed by atoms with Gasteiger partial charge in [-0.3, -0.25) is 0 Å². The summed E-state index contributed by atoms with van der Waals surface area (Å²) < 4.78 is 5.91. The van der Waals surface area contributed by atoms with Crippen LogP contribution in [0.1, 0.15) is 23.8 Å². The number of nitrogens with one attached hydrogen (secondary N) is 1. The molecule has 3 heteroatoms. The van der Waals surface area contributed by atoms with E-state index < -0.39 is 0 Å². The molecule has 0 radical (unpaired) electrons. The van der Waals surface area contributed by atoms with Gasteiger partial charge in [0.1, 0.15) is 5.75 Å². The van der Waals surface area contributed by atoms with E-state index in [9.17, 15) is 0 Å². The van der Waals surface area contributed by atoms with E-state index in [1.165, 1.54) is 10.4 Å². The molecule has 2 aromatic rings. The van der Waals surface area contributed by atoms with E-state index in [1.54, 1.807) is 11.3 Å². The van der Waals surface area contributed by atoms with Crippen molar-refractivity contribution in [2.75, 3.05) is 13.2 Å². The SMILES string of the molecule is CCCNCc1ccccc1OCCc1cccs1. The Balaban J connectivity index is 1.84. The lowest BCUT2D eigenvalue weighted by Gasteiger charge is -2.11. The van der Waals surface area contributed by atoms with Gasteiger partial charge in [0.15, 0.2) is 0 Å². The van der Waals surface area contributed by atoms with Crippen molar-refractivity contribution in [2.24, 2.45) is 0 Å². The summed E-state index contributed by atoms with van der Waals surface area (Å²) in [6, 6.07) is 12.5. The normalized spacial score (nSPS) is 10.6. The lowest BCUT2D eigenvalue weighted by Crippen LogP contribution is -2.15. The molecule has 1 heterocycles. The van der Waals surface area contributed by atoms with Gasteiger partial charge in [0.2, 0.25) is 0 Å². The van der Waals surface area contributed by atoms with Crippen molar-refractivity contribution < 1.29 is 4.74 Å². The van der Waals surface area contributed by atoms with E-state index in [1.807, 2.05) is 6.07 Å². The summed E-state index contributed by atoms with van der Waals surface area (Å²) in [5.41, 5.74) is 1.24. The van der Waals surface area contributed by atoms with Crippen molar-refractivity contribution in [3.05, 3.63) is 52.2 Å². The lowest BCUT2D eigenvalue weighted by atomic mass is 10.2. The van der Waals surface area contributed by atoms with E-state index in [2.05, 4.69) is 48.0 Å². The number of para-hydroxylation sites is 1. The predicted molar refractivity (Wildman–Crippen MR) is 82.0 cm³/mol. The van der Waals surface area contributed by atoms with Crippen LogP contribution in [0.3, 0.4) is 0 Å². The fraction of sp³-hybridized carbons (Fsp3) is 0.375. The first kappa shape index (κ1) is 14.1. The second-order valence-corrected chi connectivity index (χ2v) is 5.49. The maximum absolute atomic E-state index is 5.91. The smallest absolute Gasteiger partial charge is 0.123 e. The van der Waals surface area contributed by atoms with Crippen molar-refractivity contribution >= 4 is 11.3 Å². The van der Waals surface area contributed by atoms with Crippen LogP contribution in [0.25, 0.3) is 0 Å². The first-order chi connectivity index (χ1) is 9.40. The molecule has 0 fully saturated rings. The molecule has 0 unspecified atom stereocenters. The van der Waals surface area contributed by atoms with Crippen molar-refractivity contribution in [1.82, 2.24) is 5.32 Å². The number of thiophene rings is 1. The first-order valence-electron chi connectivity index (χ1n) is 6.84. The molecule has 0 atom stereocenters. The average Bonchev–Trinajstić information content (AvgIpc) is 2.94. The molecule has 0 spiro atoms. The zero-order valence-electron chi connectivity index (χ0n) is 11.4. The summed E-state index contributed by atoms with van der Waals surface area (Å²) in [5.74, 6) is 1.00. The third kappa shape index (κ3) is 4.69. The molecule has 2 nitrogen and oxygen atoms in total. The highest BCUT2D eigenvalue weighted by Gasteiger charge is 2.02. The van der Waals surface area contributed by atoms with Gasteiger partial charge in [0, 0.05) is 23.4 Å². The molecule has 0 saturated heterocycles. The number of benzene rings is 1. The third-order valence-electron chi connectivity index (χ3n) is 2.90. The van der Waals surface area contributed by atoms with Crippen LogP contribution in [-0.2, 0) is 13.0 Å². The molecule has 1 aromatic heterocycles. The third-order valence-corrected chi connectivity index (χ3v) is 3.84. The summed E-state index contributed by atoms with van der Waals surface area (Å²) in [6.45, 7) is 4.84. The Morgan fingerprint density at radius 2 is 2.05 bits per heavy atom. The van der Waals surface area contributed by atoms with Crippen LogP contribution in [-0.4, -0.2) is 13.2 Å². The molecule has 2 rings (SSSR count). The van der Waals surface area contributed by atoms with Gasteiger partial charge in [0.05, 0.1) is 6.61 Å². The van der Waals surface area contributed by atoms with E-state index in [0.717, 1.165) is 38.3 Å². The molecular formula is C16H21NOS. The second-order valence-electron chi connectivity index (χ2n) is 4.46. The number of ether oxygens (including phenoxy) is 1. The van der Waals surface area contributed by atoms with E-state index in [4.69, 9.17) is 4.74 Å². The second kappa shape index (κ2) is 7.97. The fourth-order valence-corrected chi connectivity index (χ4v) is 2.60. The van der Waals surface area contributed by atoms with Crippen LogP contribution in [0.4, 0.5) is 0 Å². The van der Waals surface area contributed by atoms with E-state index in [0.29, 0.717) is 0 Å². The summed E-state index contributed by atoms with van der Waals surface area (Å²) in [6.07, 6.45) is 2.13. The lowest BCUT2D eigenvalue weighted by molar-refractivity contribution is 0.318. The molecule has 0 amide bonds. The standard InChI is InChI=1S/C16H21NOS/c1-2-10-17-13-14-6-3-4-8-16(14)18-11-9-15-7-5-12-19-15/h3-8,12,17H,2,9-11,13H2,1H3. The number of rotatable bonds is 8. The quantitative estimate of drug-likeness (QED) is 0.738. The Morgan fingerprint density at radius 1 is 1.16 bits per heavy atom. The first-order valence-corrected chi connectivity index (χ1v) is 7.72. The zero-order valence-corrected chi connectivity index (χ0v) is 12.2. The molecule has 0 aliphatic heterocycles. The minimum atomic E-state index is 0.741. The minimum Gasteiger partial charge on any atom is -0.493 e. The van der Waals surface area contributed by atoms with Crippen LogP contribution >= 0.6 is 11.3 Å². The Morgan fingerprint density at radius 3 is 2.84 bits per heavy atom. The summed E-state index contributed by atoms with van der Waals surface area (Å²) >= 11 is 1.79. The highest BCUT2D eigenvalue weighted by molar-refractivity contribution is 7.09. The Hall–Kier alpha value is -1.32. The Kier molecular flexibility index (Phi) is 5.92. The molecule has 1 aromatic carbocycles. The van der Waals surface area contributed by atoms with Gasteiger partial charge in [-0.05, 0) is 30.5 Å². The topological polar surface area (TPSA) is 21.3 Å². The van der Waals surface area contributed by atoms with Gasteiger partial charge in [-0.15, -0.1) is 11.3 Å². The van der Waals surface area contributed by atoms with Crippen molar-refractivity contribution in [3.63, 3.8) is 0 Å². The van der Waals surface area contributed by atoms with Crippen molar-refractivity contribution in [2.45, 2.75) is 26.3 Å². The molecule has 0 aliphatic rings. The molecule has 0 bridgehead atoms. The van der Waals surface area contributed by atoms with Gasteiger partial charge in [-0.2, -0.15) is 0 Å². The summed E-state index contributed by atoms with van der Waals surface area (Å²) in [7, 11) is 0. The van der Waals surface area contributed by atoms with Gasteiger partial charge in [-0.1, -0.05) is 31.2 Å². The fourth-order valence-electron chi connectivity index (χ4n) is 1.91. The summed E-state index contributed by atoms with van der Waals surface area (Å²) in [5, 5.41) is 5.53.